The molecule has 7 heteroatoms. The first-order valence-electron chi connectivity index (χ1n) is 6.23. The van der Waals surface area contributed by atoms with Gasteiger partial charge in [-0.15, -0.1) is 35.3 Å². The number of aliphatic imine (C=N–C) groups is 1. The molecule has 0 bridgehead atoms. The van der Waals surface area contributed by atoms with E-state index in [2.05, 4.69) is 39.2 Å². The van der Waals surface area contributed by atoms with Gasteiger partial charge >= 0.3 is 0 Å². The van der Waals surface area contributed by atoms with E-state index in [0.717, 1.165) is 30.4 Å². The molecule has 0 aliphatic carbocycles. The van der Waals surface area contributed by atoms with Crippen molar-refractivity contribution in [2.45, 2.75) is 26.4 Å². The minimum atomic E-state index is 0. The molecule has 0 unspecified atom stereocenters. The van der Waals surface area contributed by atoms with E-state index >= 15 is 0 Å². The van der Waals surface area contributed by atoms with Crippen LogP contribution < -0.4 is 10.6 Å². The van der Waals surface area contributed by atoms with E-state index in [1.807, 2.05) is 12.1 Å². The van der Waals surface area contributed by atoms with Gasteiger partial charge in [-0.1, -0.05) is 18.1 Å². The van der Waals surface area contributed by atoms with Crippen LogP contribution in [0, 0.1) is 0 Å². The van der Waals surface area contributed by atoms with Gasteiger partial charge in [0.15, 0.2) is 11.7 Å². The zero-order chi connectivity index (χ0) is 13.5. The normalized spacial score (nSPS) is 11.0. The Morgan fingerprint density at radius 1 is 1.40 bits per heavy atom. The van der Waals surface area contributed by atoms with Gasteiger partial charge < -0.3 is 15.2 Å². The second-order valence-electron chi connectivity index (χ2n) is 4.00. The molecule has 2 rings (SSSR count). The van der Waals surface area contributed by atoms with Crippen LogP contribution in [0.25, 0.3) is 0 Å². The quantitative estimate of drug-likeness (QED) is 0.456. The van der Waals surface area contributed by atoms with Crippen LogP contribution in [0.15, 0.2) is 33.1 Å². The minimum absolute atomic E-state index is 0. The number of thiophene rings is 1. The minimum Gasteiger partial charge on any atom is -0.359 e. The van der Waals surface area contributed by atoms with Crippen LogP contribution in [0.5, 0.6) is 0 Å². The van der Waals surface area contributed by atoms with Crippen LogP contribution in [-0.2, 0) is 19.5 Å². The Hall–Kier alpha value is -1.09. The van der Waals surface area contributed by atoms with Crippen LogP contribution >= 0.6 is 35.3 Å². The summed E-state index contributed by atoms with van der Waals surface area (Å²) in [6.45, 7) is 3.40. The highest BCUT2D eigenvalue weighted by molar-refractivity contribution is 14.0. The first-order valence-corrected chi connectivity index (χ1v) is 7.11. The molecule has 0 saturated heterocycles. The SMILES string of the molecule is CCc1cc(CNC(=NC)NCc2cccs2)on1.I. The number of rotatable bonds is 5. The van der Waals surface area contributed by atoms with Gasteiger partial charge in [0.2, 0.25) is 0 Å². The van der Waals surface area contributed by atoms with E-state index in [1.165, 1.54) is 4.88 Å². The molecule has 2 heterocycles. The standard InChI is InChI=1S/C13H18N4OS.HI/c1-3-10-7-11(18-17-10)8-15-13(14-2)16-9-12-5-4-6-19-12;/h4-7H,3,8-9H2,1-2H3,(H2,14,15,16);1H. The fourth-order valence-corrected chi connectivity index (χ4v) is 2.23. The van der Waals surface area contributed by atoms with Gasteiger partial charge in [0.25, 0.3) is 0 Å². The predicted molar refractivity (Wildman–Crippen MR) is 92.7 cm³/mol. The maximum absolute atomic E-state index is 5.21. The number of nitrogens with one attached hydrogen (secondary N) is 2. The molecule has 0 saturated carbocycles. The second-order valence-corrected chi connectivity index (χ2v) is 5.03. The molecule has 5 nitrogen and oxygen atoms in total. The number of aryl methyl sites for hydroxylation is 1. The zero-order valence-electron chi connectivity index (χ0n) is 11.5. The van der Waals surface area contributed by atoms with E-state index < -0.39 is 0 Å². The molecular formula is C13H19IN4OS. The maximum Gasteiger partial charge on any atom is 0.191 e. The van der Waals surface area contributed by atoms with Gasteiger partial charge in [-0.3, -0.25) is 4.99 Å². The lowest BCUT2D eigenvalue weighted by Crippen LogP contribution is -2.36. The molecule has 20 heavy (non-hydrogen) atoms. The van der Waals surface area contributed by atoms with Crippen LogP contribution in [0.3, 0.4) is 0 Å². The predicted octanol–water partition coefficient (Wildman–Crippen LogP) is 2.78. The van der Waals surface area contributed by atoms with Crippen molar-refractivity contribution in [1.29, 1.82) is 0 Å². The summed E-state index contributed by atoms with van der Waals surface area (Å²) in [6.07, 6.45) is 0.884. The highest BCUT2D eigenvalue weighted by Gasteiger charge is 2.04. The van der Waals surface area contributed by atoms with Gasteiger partial charge in [0, 0.05) is 18.0 Å². The molecule has 0 aliphatic rings. The van der Waals surface area contributed by atoms with Gasteiger partial charge in [-0.05, 0) is 17.9 Å². The Kier molecular flexibility index (Phi) is 7.60. The first kappa shape index (κ1) is 17.0. The third kappa shape index (κ3) is 5.12. The maximum atomic E-state index is 5.21. The smallest absolute Gasteiger partial charge is 0.191 e. The lowest BCUT2D eigenvalue weighted by molar-refractivity contribution is 0.374. The van der Waals surface area contributed by atoms with E-state index in [0.29, 0.717) is 6.54 Å². The van der Waals surface area contributed by atoms with Crippen molar-refractivity contribution in [2.24, 2.45) is 4.99 Å². The molecular weight excluding hydrogens is 387 g/mol. The third-order valence-corrected chi connectivity index (χ3v) is 3.51. The molecule has 2 aromatic rings. The summed E-state index contributed by atoms with van der Waals surface area (Å²) in [5.74, 6) is 1.57. The van der Waals surface area contributed by atoms with E-state index in [1.54, 1.807) is 18.4 Å². The third-order valence-electron chi connectivity index (χ3n) is 2.63. The summed E-state index contributed by atoms with van der Waals surface area (Å²) in [4.78, 5) is 5.44. The highest BCUT2D eigenvalue weighted by atomic mass is 127. The Labute approximate surface area is 139 Å². The highest BCUT2D eigenvalue weighted by Crippen LogP contribution is 2.07. The molecule has 0 spiro atoms. The molecule has 0 aromatic carbocycles. The Bertz CT molecular complexity index is 524. The molecule has 0 aliphatic heterocycles. The lowest BCUT2D eigenvalue weighted by Gasteiger charge is -2.09. The Morgan fingerprint density at radius 3 is 2.80 bits per heavy atom. The van der Waals surface area contributed by atoms with E-state index in [4.69, 9.17) is 4.52 Å². The Balaban J connectivity index is 0.00000200. The molecule has 2 aromatic heterocycles. The summed E-state index contributed by atoms with van der Waals surface area (Å²) in [7, 11) is 1.75. The fraction of sp³-hybridized carbons (Fsp3) is 0.385. The number of nitrogens with zero attached hydrogens (tertiary/aromatic N) is 2. The van der Waals surface area contributed by atoms with Crippen LogP contribution in [0.1, 0.15) is 23.3 Å². The molecule has 2 N–H and O–H groups in total. The summed E-state index contributed by atoms with van der Waals surface area (Å²) in [5.41, 5.74) is 0.971. The van der Waals surface area contributed by atoms with Gasteiger partial charge in [0.1, 0.15) is 0 Å². The second kappa shape index (κ2) is 8.96. The van der Waals surface area contributed by atoms with Gasteiger partial charge in [-0.25, -0.2) is 0 Å². The summed E-state index contributed by atoms with van der Waals surface area (Å²) < 4.78 is 5.21. The molecule has 0 atom stereocenters. The van der Waals surface area contributed by atoms with Crippen LogP contribution in [-0.4, -0.2) is 18.2 Å². The molecule has 0 fully saturated rings. The molecule has 110 valence electrons. The summed E-state index contributed by atoms with van der Waals surface area (Å²) in [5, 5.41) is 12.5. The number of hydrogen-bond acceptors (Lipinski definition) is 4. The summed E-state index contributed by atoms with van der Waals surface area (Å²) in [6, 6.07) is 6.09. The van der Waals surface area contributed by atoms with E-state index in [9.17, 15) is 0 Å². The molecule has 0 radical (unpaired) electrons. The number of halogens is 1. The van der Waals surface area contributed by atoms with Crippen molar-refractivity contribution >= 4 is 41.3 Å². The lowest BCUT2D eigenvalue weighted by atomic mass is 10.3. The Morgan fingerprint density at radius 2 is 2.20 bits per heavy atom. The molecule has 0 amide bonds. The van der Waals surface area contributed by atoms with E-state index in [-0.39, 0.29) is 24.0 Å². The number of hydrogen-bond donors (Lipinski definition) is 2. The van der Waals surface area contributed by atoms with Crippen molar-refractivity contribution in [3.05, 3.63) is 39.9 Å². The summed E-state index contributed by atoms with van der Waals surface area (Å²) >= 11 is 1.72. The van der Waals surface area contributed by atoms with Crippen molar-refractivity contribution in [2.75, 3.05) is 7.05 Å². The van der Waals surface area contributed by atoms with Crippen LogP contribution in [0.2, 0.25) is 0 Å². The number of aromatic nitrogens is 1. The average molecular weight is 406 g/mol. The fourth-order valence-electron chi connectivity index (χ4n) is 1.58. The van der Waals surface area contributed by atoms with Crippen molar-refractivity contribution in [3.63, 3.8) is 0 Å². The largest absolute Gasteiger partial charge is 0.359 e. The van der Waals surface area contributed by atoms with Crippen molar-refractivity contribution < 1.29 is 4.52 Å². The van der Waals surface area contributed by atoms with Crippen molar-refractivity contribution in [3.8, 4) is 0 Å². The average Bonchev–Trinajstić information content (AvgIpc) is 3.10. The zero-order valence-corrected chi connectivity index (χ0v) is 14.7. The van der Waals surface area contributed by atoms with Gasteiger partial charge in [0.05, 0.1) is 18.8 Å². The topological polar surface area (TPSA) is 62.5 Å². The monoisotopic (exact) mass is 406 g/mol. The van der Waals surface area contributed by atoms with Gasteiger partial charge in [-0.2, -0.15) is 0 Å². The van der Waals surface area contributed by atoms with Crippen LogP contribution in [0.4, 0.5) is 0 Å². The number of guanidine groups is 1. The first-order chi connectivity index (χ1) is 9.31. The van der Waals surface area contributed by atoms with Crippen molar-refractivity contribution in [1.82, 2.24) is 15.8 Å².